The first-order valence-electron chi connectivity index (χ1n) is 10.6. The van der Waals surface area contributed by atoms with E-state index < -0.39 is 5.91 Å². The van der Waals surface area contributed by atoms with Crippen LogP contribution in [-0.2, 0) is 11.4 Å². The third-order valence-corrected chi connectivity index (χ3v) is 5.91. The molecule has 0 spiro atoms. The maximum absolute atomic E-state index is 12.6. The monoisotopic (exact) mass is 502 g/mol. The van der Waals surface area contributed by atoms with Gasteiger partial charge in [0.25, 0.3) is 5.91 Å². The molecule has 0 fully saturated rings. The Kier molecular flexibility index (Phi) is 7.57. The van der Waals surface area contributed by atoms with Crippen molar-refractivity contribution >= 4 is 51.6 Å². The van der Waals surface area contributed by atoms with E-state index in [1.807, 2.05) is 48.5 Å². The van der Waals surface area contributed by atoms with Gasteiger partial charge in [0.15, 0.2) is 11.5 Å². The fourth-order valence-corrected chi connectivity index (χ4v) is 4.06. The summed E-state index contributed by atoms with van der Waals surface area (Å²) in [6.07, 6.45) is 1.43. The molecule has 4 rings (SSSR count). The molecule has 0 aromatic heterocycles. The van der Waals surface area contributed by atoms with Crippen LogP contribution in [0.25, 0.3) is 16.8 Å². The van der Waals surface area contributed by atoms with E-state index in [-0.39, 0.29) is 12.2 Å². The molecule has 0 bridgehead atoms. The number of carbonyl (C=O) groups is 1. The van der Waals surface area contributed by atoms with Crippen LogP contribution in [0.15, 0.2) is 84.4 Å². The Bertz CT molecular complexity index is 1470. The molecular weight excluding hydrogens is 483 g/mol. The number of ether oxygens (including phenoxy) is 2. The van der Waals surface area contributed by atoms with E-state index in [1.165, 1.54) is 13.2 Å². The summed E-state index contributed by atoms with van der Waals surface area (Å²) in [6, 6.07) is 26.0. The number of amides is 1. The smallest absolute Gasteiger partial charge is 0.266 e. The highest BCUT2D eigenvalue weighted by molar-refractivity contribution is 6.34. The minimum atomic E-state index is -0.591. The highest BCUT2D eigenvalue weighted by atomic mass is 35.5. The van der Waals surface area contributed by atoms with Gasteiger partial charge >= 0.3 is 0 Å². The van der Waals surface area contributed by atoms with Crippen LogP contribution in [0, 0.1) is 11.3 Å². The van der Waals surface area contributed by atoms with Crippen molar-refractivity contribution in [2.24, 2.45) is 0 Å². The molecule has 4 aromatic carbocycles. The van der Waals surface area contributed by atoms with Crippen molar-refractivity contribution < 1.29 is 14.3 Å². The second-order valence-corrected chi connectivity index (χ2v) is 8.38. The van der Waals surface area contributed by atoms with Crippen molar-refractivity contribution in [1.82, 2.24) is 0 Å². The zero-order valence-corrected chi connectivity index (χ0v) is 20.2. The van der Waals surface area contributed by atoms with Crippen molar-refractivity contribution in [2.75, 3.05) is 12.4 Å². The molecule has 5 nitrogen and oxygen atoms in total. The van der Waals surface area contributed by atoms with Gasteiger partial charge in [0.2, 0.25) is 0 Å². The number of nitriles is 1. The lowest BCUT2D eigenvalue weighted by molar-refractivity contribution is -0.112. The van der Waals surface area contributed by atoms with Crippen LogP contribution in [0.3, 0.4) is 0 Å². The summed E-state index contributed by atoms with van der Waals surface area (Å²) in [4.78, 5) is 12.6. The number of nitrogens with zero attached hydrogens (tertiary/aromatic N) is 1. The minimum absolute atomic E-state index is 0.118. The lowest BCUT2D eigenvalue weighted by atomic mass is 10.1. The molecule has 0 unspecified atom stereocenters. The van der Waals surface area contributed by atoms with Gasteiger partial charge in [-0.3, -0.25) is 4.79 Å². The molecule has 0 saturated carbocycles. The summed E-state index contributed by atoms with van der Waals surface area (Å²) in [5, 5.41) is 15.1. The first-order valence-corrected chi connectivity index (χ1v) is 11.4. The van der Waals surface area contributed by atoms with E-state index in [0.717, 1.165) is 16.3 Å². The van der Waals surface area contributed by atoms with Gasteiger partial charge in [0.1, 0.15) is 18.2 Å². The van der Waals surface area contributed by atoms with E-state index in [9.17, 15) is 10.1 Å². The Balaban J connectivity index is 1.58. The summed E-state index contributed by atoms with van der Waals surface area (Å²) >= 11 is 12.6. The molecule has 0 saturated heterocycles. The molecule has 174 valence electrons. The number of methoxy groups -OCH3 is 1. The number of nitrogens with one attached hydrogen (secondary N) is 1. The largest absolute Gasteiger partial charge is 0.493 e. The lowest BCUT2D eigenvalue weighted by Gasteiger charge is -2.14. The fraction of sp³-hybridized carbons (Fsp3) is 0.0714. The predicted octanol–water partition coefficient (Wildman–Crippen LogP) is 7.28. The van der Waals surface area contributed by atoms with Crippen molar-refractivity contribution in [1.29, 1.82) is 5.26 Å². The lowest BCUT2D eigenvalue weighted by Crippen LogP contribution is -2.13. The molecule has 0 radical (unpaired) electrons. The average Bonchev–Trinajstić information content (AvgIpc) is 2.87. The number of para-hydroxylation sites is 1. The van der Waals surface area contributed by atoms with E-state index >= 15 is 0 Å². The summed E-state index contributed by atoms with van der Waals surface area (Å²) in [6.45, 7) is 0.288. The third kappa shape index (κ3) is 5.58. The van der Waals surface area contributed by atoms with E-state index in [0.29, 0.717) is 32.8 Å². The van der Waals surface area contributed by atoms with Crippen molar-refractivity contribution in [3.05, 3.63) is 106 Å². The predicted molar refractivity (Wildman–Crippen MR) is 140 cm³/mol. The molecule has 0 aliphatic rings. The molecule has 0 heterocycles. The van der Waals surface area contributed by atoms with Crippen LogP contribution < -0.4 is 14.8 Å². The molecule has 0 aliphatic carbocycles. The van der Waals surface area contributed by atoms with Gasteiger partial charge in [0.05, 0.1) is 22.8 Å². The molecule has 7 heteroatoms. The fourth-order valence-electron chi connectivity index (χ4n) is 3.60. The quantitative estimate of drug-likeness (QED) is 0.213. The molecule has 1 amide bonds. The zero-order chi connectivity index (χ0) is 24.8. The second kappa shape index (κ2) is 11.0. The average molecular weight is 503 g/mol. The maximum atomic E-state index is 12.6. The standard InChI is InChI=1S/C28H20Cl2N2O3/c1-34-26-15-18(13-21(16-31)28(33)32-25-12-5-4-11-23(25)29)14-24(30)27(26)35-17-20-9-6-8-19-7-2-3-10-22(19)20/h2-15H,17H2,1H3,(H,32,33)/b21-13+. The Morgan fingerprint density at radius 3 is 2.51 bits per heavy atom. The van der Waals surface area contributed by atoms with Crippen molar-refractivity contribution in [3.8, 4) is 17.6 Å². The first-order chi connectivity index (χ1) is 17.0. The van der Waals surface area contributed by atoms with Gasteiger partial charge in [-0.05, 0) is 52.2 Å². The van der Waals surface area contributed by atoms with Crippen LogP contribution in [0.1, 0.15) is 11.1 Å². The maximum Gasteiger partial charge on any atom is 0.266 e. The summed E-state index contributed by atoms with van der Waals surface area (Å²) < 4.78 is 11.5. The Labute approximate surface area is 213 Å². The second-order valence-electron chi connectivity index (χ2n) is 7.56. The number of rotatable bonds is 7. The third-order valence-electron chi connectivity index (χ3n) is 5.30. The zero-order valence-electron chi connectivity index (χ0n) is 18.7. The molecular formula is C28H20Cl2N2O3. The number of hydrogen-bond donors (Lipinski definition) is 1. The van der Waals surface area contributed by atoms with Crippen LogP contribution in [0.4, 0.5) is 5.69 Å². The summed E-state index contributed by atoms with van der Waals surface area (Å²) in [5.74, 6) is 0.165. The van der Waals surface area contributed by atoms with E-state index in [1.54, 1.807) is 36.4 Å². The van der Waals surface area contributed by atoms with E-state index in [4.69, 9.17) is 32.7 Å². The van der Waals surface area contributed by atoms with Crippen LogP contribution >= 0.6 is 23.2 Å². The SMILES string of the molecule is COc1cc(/C=C(\C#N)C(=O)Nc2ccccc2Cl)cc(Cl)c1OCc1cccc2ccccc12. The van der Waals surface area contributed by atoms with Gasteiger partial charge in [-0.15, -0.1) is 0 Å². The van der Waals surface area contributed by atoms with Crippen LogP contribution in [0.5, 0.6) is 11.5 Å². The number of hydrogen-bond acceptors (Lipinski definition) is 4. The summed E-state index contributed by atoms with van der Waals surface area (Å²) in [7, 11) is 1.50. The minimum Gasteiger partial charge on any atom is -0.493 e. The van der Waals surface area contributed by atoms with Gasteiger partial charge in [-0.2, -0.15) is 5.26 Å². The van der Waals surface area contributed by atoms with E-state index in [2.05, 4.69) is 5.32 Å². The Morgan fingerprint density at radius 2 is 1.74 bits per heavy atom. The number of benzene rings is 4. The Morgan fingerprint density at radius 1 is 1.00 bits per heavy atom. The topological polar surface area (TPSA) is 71.3 Å². The van der Waals surface area contributed by atoms with Gasteiger partial charge < -0.3 is 14.8 Å². The number of anilines is 1. The van der Waals surface area contributed by atoms with Gasteiger partial charge in [-0.25, -0.2) is 0 Å². The number of halogens is 2. The normalized spacial score (nSPS) is 11.1. The highest BCUT2D eigenvalue weighted by Gasteiger charge is 2.15. The Hall–Kier alpha value is -3.98. The highest BCUT2D eigenvalue weighted by Crippen LogP contribution is 2.38. The van der Waals surface area contributed by atoms with Crippen molar-refractivity contribution in [3.63, 3.8) is 0 Å². The van der Waals surface area contributed by atoms with Crippen molar-refractivity contribution in [2.45, 2.75) is 6.61 Å². The van der Waals surface area contributed by atoms with Crippen LogP contribution in [0.2, 0.25) is 10.0 Å². The number of carbonyl (C=O) groups excluding carboxylic acids is 1. The molecule has 0 aliphatic heterocycles. The molecule has 0 atom stereocenters. The first kappa shape index (κ1) is 24.2. The molecule has 4 aromatic rings. The number of fused-ring (bicyclic) bond motifs is 1. The summed E-state index contributed by atoms with van der Waals surface area (Å²) in [5.41, 5.74) is 1.81. The molecule has 1 N–H and O–H groups in total. The van der Waals surface area contributed by atoms with Crippen LogP contribution in [-0.4, -0.2) is 13.0 Å². The molecule has 35 heavy (non-hydrogen) atoms. The van der Waals surface area contributed by atoms with Gasteiger partial charge in [0, 0.05) is 0 Å². The van der Waals surface area contributed by atoms with Gasteiger partial charge in [-0.1, -0.05) is 77.8 Å².